The van der Waals surface area contributed by atoms with Crippen LogP contribution >= 0.6 is 23.2 Å². The van der Waals surface area contributed by atoms with Crippen molar-refractivity contribution in [1.82, 2.24) is 0 Å². The average Bonchev–Trinajstić information content (AvgIpc) is 2.96. The Morgan fingerprint density at radius 2 is 1.72 bits per heavy atom. The molecule has 1 aromatic rings. The molecule has 1 fully saturated rings. The van der Waals surface area contributed by atoms with Crippen LogP contribution in [0, 0.1) is 12.8 Å². The molecule has 0 saturated heterocycles. The summed E-state index contributed by atoms with van der Waals surface area (Å²) in [4.78, 5) is 0. The molecule has 0 spiro atoms. The minimum atomic E-state index is -0.321. The summed E-state index contributed by atoms with van der Waals surface area (Å²) >= 11 is 13.4. The van der Waals surface area contributed by atoms with Crippen LogP contribution in [0.5, 0.6) is 0 Å². The molecule has 2 rings (SSSR count). The number of alkyl halides is 2. The number of halogens is 2. The van der Waals surface area contributed by atoms with E-state index in [-0.39, 0.29) is 55.0 Å². The molecule has 1 nitrogen and oxygen atoms in total. The number of aliphatic hydroxyl groups excluding tert-OH is 1. The molecule has 0 aliphatic heterocycles. The van der Waals surface area contributed by atoms with Crippen LogP contribution < -0.4 is 0 Å². The Morgan fingerprint density at radius 1 is 1.07 bits per heavy atom. The van der Waals surface area contributed by atoms with Crippen LogP contribution in [0.2, 0.25) is 0 Å². The Kier molecular flexibility index (Phi) is 12.9. The molecule has 5 atom stereocenters. The van der Waals surface area contributed by atoms with Gasteiger partial charge in [-0.25, -0.2) is 0 Å². The SMILES string of the molecule is [CH2-]CCCCCC1C(Cl)CC(Cl)C1c1ccc(C(C)(C)C(O)CCCC)cc1.[Y]. The molecule has 0 bridgehead atoms. The zero-order chi connectivity index (χ0) is 20.7. The number of hydrogen-bond donors (Lipinski definition) is 1. The number of unbranched alkanes of at least 4 members (excludes halogenated alkanes) is 4. The van der Waals surface area contributed by atoms with Crippen LogP contribution in [0.25, 0.3) is 0 Å². The summed E-state index contributed by atoms with van der Waals surface area (Å²) in [5.41, 5.74) is 2.25. The van der Waals surface area contributed by atoms with Gasteiger partial charge in [0.05, 0.1) is 6.10 Å². The standard InChI is InChI=1S/C25H39Cl2O.Y/c1-5-7-9-10-11-20-21(26)17-22(27)24(20)18-13-15-19(16-14-18)25(3,4)23(28)12-8-6-2;/h13-16,20-24,28H,1,5-12,17H2,2-4H3;/q-1;. The van der Waals surface area contributed by atoms with Gasteiger partial charge in [-0.05, 0) is 36.3 Å². The van der Waals surface area contributed by atoms with E-state index in [0.717, 1.165) is 38.5 Å². The van der Waals surface area contributed by atoms with Crippen LogP contribution in [0.4, 0.5) is 0 Å². The van der Waals surface area contributed by atoms with Crippen molar-refractivity contribution < 1.29 is 37.8 Å². The topological polar surface area (TPSA) is 20.2 Å². The third-order valence-electron chi connectivity index (χ3n) is 6.76. The van der Waals surface area contributed by atoms with E-state index in [2.05, 4.69) is 52.0 Å². The minimum Gasteiger partial charge on any atom is -0.392 e. The predicted octanol–water partition coefficient (Wildman–Crippen LogP) is 7.62. The van der Waals surface area contributed by atoms with Crippen molar-refractivity contribution in [3.05, 3.63) is 42.3 Å². The van der Waals surface area contributed by atoms with Gasteiger partial charge in [0.2, 0.25) is 0 Å². The smallest absolute Gasteiger partial charge is 0.0631 e. The second-order valence-electron chi connectivity index (χ2n) is 9.16. The molecule has 1 aromatic carbocycles. The first-order chi connectivity index (χ1) is 13.3. The summed E-state index contributed by atoms with van der Waals surface area (Å²) in [6, 6.07) is 8.83. The summed E-state index contributed by atoms with van der Waals surface area (Å²) in [6.07, 6.45) is 9.37. The van der Waals surface area contributed by atoms with Crippen molar-refractivity contribution in [2.75, 3.05) is 0 Å². The Morgan fingerprint density at radius 3 is 2.31 bits per heavy atom. The quantitative estimate of drug-likeness (QED) is 0.183. The first kappa shape index (κ1) is 27.9. The second kappa shape index (κ2) is 13.4. The van der Waals surface area contributed by atoms with Gasteiger partial charge in [0.1, 0.15) is 0 Å². The maximum absolute atomic E-state index is 10.7. The summed E-state index contributed by atoms with van der Waals surface area (Å²) < 4.78 is 0. The molecular weight excluding hydrogens is 476 g/mol. The van der Waals surface area contributed by atoms with Crippen LogP contribution in [0.3, 0.4) is 0 Å². The monoisotopic (exact) mass is 514 g/mol. The molecule has 1 radical (unpaired) electrons. The van der Waals surface area contributed by atoms with E-state index in [4.69, 9.17) is 23.2 Å². The van der Waals surface area contributed by atoms with Gasteiger partial charge in [-0.1, -0.05) is 77.1 Å². The molecule has 1 aliphatic rings. The van der Waals surface area contributed by atoms with E-state index in [1.807, 2.05) is 0 Å². The normalized spacial score (nSPS) is 25.6. The van der Waals surface area contributed by atoms with Gasteiger partial charge in [-0.3, -0.25) is 0 Å². The molecule has 1 aliphatic carbocycles. The molecule has 163 valence electrons. The van der Waals surface area contributed by atoms with Gasteiger partial charge < -0.3 is 12.0 Å². The van der Waals surface area contributed by atoms with Crippen LogP contribution in [-0.4, -0.2) is 22.0 Å². The van der Waals surface area contributed by atoms with E-state index in [9.17, 15) is 5.11 Å². The van der Waals surface area contributed by atoms with Crippen molar-refractivity contribution in [3.63, 3.8) is 0 Å². The minimum absolute atomic E-state index is 0. The van der Waals surface area contributed by atoms with Crippen molar-refractivity contribution in [1.29, 1.82) is 0 Å². The predicted molar refractivity (Wildman–Crippen MR) is 124 cm³/mol. The Balaban J connectivity index is 0.00000420. The van der Waals surface area contributed by atoms with Crippen molar-refractivity contribution in [2.45, 2.75) is 107 Å². The number of rotatable bonds is 11. The van der Waals surface area contributed by atoms with Crippen molar-refractivity contribution >= 4 is 23.2 Å². The number of aliphatic hydroxyl groups is 1. The molecular formula is C25H39Cl2OY-. The van der Waals surface area contributed by atoms with E-state index >= 15 is 0 Å². The van der Waals surface area contributed by atoms with E-state index in [1.165, 1.54) is 30.4 Å². The average molecular weight is 515 g/mol. The van der Waals surface area contributed by atoms with Crippen LogP contribution in [0.15, 0.2) is 24.3 Å². The third kappa shape index (κ3) is 7.45. The Bertz CT molecular complexity index is 575. The van der Waals surface area contributed by atoms with E-state index in [1.54, 1.807) is 0 Å². The van der Waals surface area contributed by atoms with Crippen molar-refractivity contribution in [2.24, 2.45) is 5.92 Å². The first-order valence-corrected chi connectivity index (χ1v) is 12.1. The second-order valence-corrected chi connectivity index (χ2v) is 10.3. The molecule has 1 N–H and O–H groups in total. The molecule has 5 unspecified atom stereocenters. The van der Waals surface area contributed by atoms with Gasteiger partial charge >= 0.3 is 0 Å². The number of hydrogen-bond acceptors (Lipinski definition) is 1. The maximum atomic E-state index is 10.7. The van der Waals surface area contributed by atoms with Crippen LogP contribution in [0.1, 0.15) is 95.6 Å². The summed E-state index contributed by atoms with van der Waals surface area (Å²) in [7, 11) is 0. The largest absolute Gasteiger partial charge is 0.392 e. The van der Waals surface area contributed by atoms with Gasteiger partial charge in [-0.15, -0.1) is 23.2 Å². The molecule has 29 heavy (non-hydrogen) atoms. The number of benzene rings is 1. The van der Waals surface area contributed by atoms with Gasteiger partial charge in [-0.2, -0.15) is 6.42 Å². The van der Waals surface area contributed by atoms with Gasteiger partial charge in [0.15, 0.2) is 0 Å². The first-order valence-electron chi connectivity index (χ1n) is 11.2. The fourth-order valence-electron chi connectivity index (χ4n) is 4.67. The maximum Gasteiger partial charge on any atom is 0.0631 e. The molecule has 4 heteroatoms. The summed E-state index contributed by atoms with van der Waals surface area (Å²) in [6.45, 7) is 10.4. The molecule has 0 aromatic heterocycles. The van der Waals surface area contributed by atoms with E-state index in [0.29, 0.717) is 11.8 Å². The van der Waals surface area contributed by atoms with Crippen molar-refractivity contribution in [3.8, 4) is 0 Å². The summed E-state index contributed by atoms with van der Waals surface area (Å²) in [5, 5.41) is 10.9. The fraction of sp³-hybridized carbons (Fsp3) is 0.720. The van der Waals surface area contributed by atoms with Crippen LogP contribution in [-0.2, 0) is 38.1 Å². The Labute approximate surface area is 214 Å². The third-order valence-corrected chi connectivity index (χ3v) is 7.71. The van der Waals surface area contributed by atoms with Gasteiger partial charge in [0, 0.05) is 54.8 Å². The molecule has 0 heterocycles. The van der Waals surface area contributed by atoms with E-state index < -0.39 is 0 Å². The zero-order valence-electron chi connectivity index (χ0n) is 18.5. The van der Waals surface area contributed by atoms with Gasteiger partial charge in [0.25, 0.3) is 0 Å². The fourth-order valence-corrected chi connectivity index (χ4v) is 5.76. The zero-order valence-corrected chi connectivity index (χ0v) is 22.9. The molecule has 0 amide bonds. The molecule has 1 saturated carbocycles. The summed E-state index contributed by atoms with van der Waals surface area (Å²) in [5.74, 6) is 0.772. The Hall–Kier alpha value is 0.864.